The molecule has 0 saturated carbocycles. The van der Waals surface area contributed by atoms with E-state index in [9.17, 15) is 4.79 Å². The lowest BCUT2D eigenvalue weighted by Gasteiger charge is -2.36. The number of nitrogens with zero attached hydrogens (tertiary/aromatic N) is 2. The minimum absolute atomic E-state index is 0.446. The fourth-order valence-corrected chi connectivity index (χ4v) is 3.97. The van der Waals surface area contributed by atoms with Crippen LogP contribution in [0.3, 0.4) is 0 Å². The van der Waals surface area contributed by atoms with Crippen molar-refractivity contribution in [3.05, 3.63) is 35.5 Å². The van der Waals surface area contributed by atoms with Crippen molar-refractivity contribution in [1.29, 1.82) is 0 Å². The van der Waals surface area contributed by atoms with Crippen molar-refractivity contribution >= 4 is 16.9 Å². The van der Waals surface area contributed by atoms with Gasteiger partial charge in [-0.2, -0.15) is 0 Å². The van der Waals surface area contributed by atoms with E-state index in [0.717, 1.165) is 18.5 Å². The van der Waals surface area contributed by atoms with E-state index in [-0.39, 0.29) is 0 Å². The molecule has 5 nitrogen and oxygen atoms in total. The molecule has 2 amide bonds. The summed E-state index contributed by atoms with van der Waals surface area (Å²) in [4.78, 5) is 11.5. The Morgan fingerprint density at radius 2 is 2.33 bits per heavy atom. The maximum Gasteiger partial charge on any atom is 0.333 e. The first kappa shape index (κ1) is 12.7. The van der Waals surface area contributed by atoms with E-state index in [2.05, 4.69) is 29.7 Å². The van der Waals surface area contributed by atoms with Crippen LogP contribution in [0.25, 0.3) is 10.9 Å². The third-order valence-corrected chi connectivity index (χ3v) is 4.99. The first-order chi connectivity index (χ1) is 10.2. The molecule has 5 heteroatoms. The Bertz CT molecular complexity index is 720. The van der Waals surface area contributed by atoms with Gasteiger partial charge in [0.1, 0.15) is 0 Å². The second kappa shape index (κ2) is 4.49. The Morgan fingerprint density at radius 3 is 3.14 bits per heavy atom. The molecule has 0 spiro atoms. The van der Waals surface area contributed by atoms with Crippen LogP contribution in [0.4, 0.5) is 4.79 Å². The summed E-state index contributed by atoms with van der Waals surface area (Å²) in [6.07, 6.45) is 5.56. The monoisotopic (exact) mass is 284 g/mol. The van der Waals surface area contributed by atoms with Crippen molar-refractivity contribution in [2.24, 2.45) is 5.73 Å². The van der Waals surface area contributed by atoms with Gasteiger partial charge in [-0.25, -0.2) is 9.80 Å². The SMILES string of the molecule is CN(C(N)=O)n1cc2c3c(cccc31)[C@H]1CCCN[C@@H]1C2. The van der Waals surface area contributed by atoms with Gasteiger partial charge in [0.15, 0.2) is 0 Å². The van der Waals surface area contributed by atoms with Crippen LogP contribution in [-0.2, 0) is 6.42 Å². The number of nitrogens with one attached hydrogen (secondary N) is 1. The number of carbonyl (C=O) groups is 1. The predicted molar refractivity (Wildman–Crippen MR) is 83.1 cm³/mol. The molecule has 4 rings (SSSR count). The molecule has 0 radical (unpaired) electrons. The van der Waals surface area contributed by atoms with Gasteiger partial charge in [-0.15, -0.1) is 0 Å². The van der Waals surface area contributed by atoms with Gasteiger partial charge in [-0.05, 0) is 43.0 Å². The molecule has 2 aromatic rings. The van der Waals surface area contributed by atoms with Crippen LogP contribution in [0.5, 0.6) is 0 Å². The lowest BCUT2D eigenvalue weighted by atomic mass is 9.76. The second-order valence-electron chi connectivity index (χ2n) is 6.12. The average molecular weight is 284 g/mol. The van der Waals surface area contributed by atoms with E-state index in [1.165, 1.54) is 34.4 Å². The third-order valence-electron chi connectivity index (χ3n) is 4.99. The number of primary amides is 1. The number of amides is 2. The zero-order valence-electron chi connectivity index (χ0n) is 12.2. The number of benzene rings is 1. The highest BCUT2D eigenvalue weighted by Gasteiger charge is 2.33. The summed E-state index contributed by atoms with van der Waals surface area (Å²) >= 11 is 0. The highest BCUT2D eigenvalue weighted by atomic mass is 16.2. The number of aromatic nitrogens is 1. The minimum Gasteiger partial charge on any atom is -0.350 e. The zero-order chi connectivity index (χ0) is 14.6. The van der Waals surface area contributed by atoms with Gasteiger partial charge in [0, 0.05) is 30.6 Å². The number of carbonyl (C=O) groups excluding carboxylic acids is 1. The maximum atomic E-state index is 11.5. The summed E-state index contributed by atoms with van der Waals surface area (Å²) in [5.41, 5.74) is 9.24. The lowest BCUT2D eigenvalue weighted by Crippen LogP contribution is -2.43. The van der Waals surface area contributed by atoms with Crippen molar-refractivity contribution in [2.75, 3.05) is 18.6 Å². The number of nitrogens with two attached hydrogens (primary N) is 1. The summed E-state index contributed by atoms with van der Waals surface area (Å²) in [5, 5.41) is 6.44. The van der Waals surface area contributed by atoms with E-state index in [1.807, 2.05) is 4.68 Å². The fraction of sp³-hybridized carbons (Fsp3) is 0.438. The molecule has 1 aromatic heterocycles. The first-order valence-electron chi connectivity index (χ1n) is 7.56. The highest BCUT2D eigenvalue weighted by Crippen LogP contribution is 2.41. The standard InChI is InChI=1S/C16H20N4O/c1-19(16(17)21)20-9-10-8-13-11(5-3-7-18-13)12-4-2-6-14(20)15(10)12/h2,4,6,9,11,13,18H,3,5,7-8H2,1H3,(H2,17,21)/t11-,13-/m1/s1. The summed E-state index contributed by atoms with van der Waals surface area (Å²) < 4.78 is 1.88. The van der Waals surface area contributed by atoms with Crippen LogP contribution in [0.15, 0.2) is 24.4 Å². The highest BCUT2D eigenvalue weighted by molar-refractivity contribution is 5.92. The molecule has 2 atom stereocenters. The Kier molecular flexibility index (Phi) is 2.72. The number of hydrogen-bond acceptors (Lipinski definition) is 2. The topological polar surface area (TPSA) is 63.3 Å². The van der Waals surface area contributed by atoms with Crippen LogP contribution >= 0.6 is 0 Å². The van der Waals surface area contributed by atoms with Crippen molar-refractivity contribution < 1.29 is 4.79 Å². The van der Waals surface area contributed by atoms with Crippen LogP contribution in [-0.4, -0.2) is 30.3 Å². The lowest BCUT2D eigenvalue weighted by molar-refractivity contribution is 0.250. The molecular weight excluding hydrogens is 264 g/mol. The summed E-state index contributed by atoms with van der Waals surface area (Å²) in [6.45, 7) is 1.11. The Balaban J connectivity index is 1.92. The molecule has 1 saturated heterocycles. The third kappa shape index (κ3) is 1.77. The molecule has 1 aliphatic heterocycles. The largest absolute Gasteiger partial charge is 0.350 e. The molecule has 1 aliphatic carbocycles. The van der Waals surface area contributed by atoms with Crippen LogP contribution < -0.4 is 16.1 Å². The Hall–Kier alpha value is -2.01. The van der Waals surface area contributed by atoms with Gasteiger partial charge in [-0.1, -0.05) is 12.1 Å². The number of urea groups is 1. The molecule has 1 aromatic carbocycles. The summed E-state index contributed by atoms with van der Waals surface area (Å²) in [5.74, 6) is 0.588. The minimum atomic E-state index is -0.446. The quantitative estimate of drug-likeness (QED) is 0.837. The molecule has 3 N–H and O–H groups in total. The van der Waals surface area contributed by atoms with Crippen molar-refractivity contribution in [1.82, 2.24) is 9.99 Å². The van der Waals surface area contributed by atoms with E-state index in [0.29, 0.717) is 12.0 Å². The molecule has 0 unspecified atom stereocenters. The second-order valence-corrected chi connectivity index (χ2v) is 6.12. The smallest absolute Gasteiger partial charge is 0.333 e. The van der Waals surface area contributed by atoms with Gasteiger partial charge < -0.3 is 11.1 Å². The molecule has 0 bridgehead atoms. The van der Waals surface area contributed by atoms with E-state index >= 15 is 0 Å². The molecule has 110 valence electrons. The number of fused-ring (bicyclic) bond motifs is 2. The van der Waals surface area contributed by atoms with Crippen molar-refractivity contribution in [3.8, 4) is 0 Å². The van der Waals surface area contributed by atoms with Gasteiger partial charge in [0.05, 0.1) is 5.52 Å². The number of rotatable bonds is 1. The normalized spacial score (nSPS) is 23.9. The zero-order valence-corrected chi connectivity index (χ0v) is 12.2. The van der Waals surface area contributed by atoms with Crippen LogP contribution in [0.1, 0.15) is 29.9 Å². The molecule has 2 aliphatic rings. The van der Waals surface area contributed by atoms with Crippen LogP contribution in [0.2, 0.25) is 0 Å². The number of hydrogen-bond donors (Lipinski definition) is 2. The Morgan fingerprint density at radius 1 is 1.48 bits per heavy atom. The van der Waals surface area contributed by atoms with Crippen LogP contribution in [0, 0.1) is 0 Å². The molecule has 2 heterocycles. The summed E-state index contributed by atoms with van der Waals surface area (Å²) in [7, 11) is 1.71. The number of piperidine rings is 1. The molecular formula is C16H20N4O. The van der Waals surface area contributed by atoms with E-state index in [4.69, 9.17) is 5.73 Å². The Labute approximate surface area is 123 Å². The summed E-state index contributed by atoms with van der Waals surface area (Å²) in [6, 6.07) is 6.47. The average Bonchev–Trinajstić information content (AvgIpc) is 2.87. The van der Waals surface area contributed by atoms with Gasteiger partial charge in [0.25, 0.3) is 0 Å². The molecule has 1 fully saturated rings. The van der Waals surface area contributed by atoms with Crippen molar-refractivity contribution in [3.63, 3.8) is 0 Å². The molecule has 21 heavy (non-hydrogen) atoms. The van der Waals surface area contributed by atoms with Crippen molar-refractivity contribution in [2.45, 2.75) is 31.2 Å². The fourth-order valence-electron chi connectivity index (χ4n) is 3.97. The van der Waals surface area contributed by atoms with E-state index < -0.39 is 6.03 Å². The maximum absolute atomic E-state index is 11.5. The first-order valence-corrected chi connectivity index (χ1v) is 7.56. The van der Waals surface area contributed by atoms with Gasteiger partial charge in [0.2, 0.25) is 0 Å². The van der Waals surface area contributed by atoms with Gasteiger partial charge in [-0.3, -0.25) is 4.68 Å². The van der Waals surface area contributed by atoms with E-state index in [1.54, 1.807) is 7.05 Å². The van der Waals surface area contributed by atoms with Gasteiger partial charge >= 0.3 is 6.03 Å². The predicted octanol–water partition coefficient (Wildman–Crippen LogP) is 1.68.